The van der Waals surface area contributed by atoms with E-state index < -0.39 is 5.97 Å². The second kappa shape index (κ2) is 39.3. The van der Waals surface area contributed by atoms with Crippen LogP contribution < -0.4 is 0 Å². The van der Waals surface area contributed by atoms with Gasteiger partial charge < -0.3 is 9.47 Å². The Morgan fingerprint density at radius 1 is 0.462 bits per heavy atom. The van der Waals surface area contributed by atoms with Crippen molar-refractivity contribution in [1.29, 1.82) is 0 Å². The molecule has 3 heteroatoms. The lowest BCUT2D eigenvalue weighted by molar-refractivity contribution is -0.134. The number of hydrogen-bond donors (Lipinski definition) is 0. The molecule has 0 aliphatic heterocycles. The van der Waals surface area contributed by atoms with Gasteiger partial charge in [-0.25, -0.2) is 4.79 Å². The van der Waals surface area contributed by atoms with Crippen LogP contribution in [0.4, 0.5) is 0 Å². The molecule has 0 fully saturated rings. The molecule has 0 aromatic rings. The molecule has 0 saturated carbocycles. The van der Waals surface area contributed by atoms with E-state index in [1.54, 1.807) is 0 Å². The molecular weight excluding hydrogens is 480 g/mol. The summed E-state index contributed by atoms with van der Waals surface area (Å²) in [4.78, 5) is 9.84. The topological polar surface area (TPSA) is 35.5 Å². The average molecular weight is 553 g/mol. The van der Waals surface area contributed by atoms with Gasteiger partial charge in [0.2, 0.25) is 0 Å². The zero-order chi connectivity index (χ0) is 28.9. The molecule has 0 unspecified atom stereocenters. The number of rotatable bonds is 31. The molecule has 0 saturated heterocycles. The van der Waals surface area contributed by atoms with E-state index in [2.05, 4.69) is 25.2 Å². The van der Waals surface area contributed by atoms with E-state index in [9.17, 15) is 4.79 Å². The first-order valence-electron chi connectivity index (χ1n) is 17.5. The molecule has 0 atom stereocenters. The molecule has 0 radical (unpaired) electrons. The van der Waals surface area contributed by atoms with Gasteiger partial charge >= 0.3 is 5.97 Å². The van der Waals surface area contributed by atoms with Crippen molar-refractivity contribution in [2.75, 3.05) is 20.3 Å². The van der Waals surface area contributed by atoms with Gasteiger partial charge in [-0.3, -0.25) is 0 Å². The first kappa shape index (κ1) is 40.3. The lowest BCUT2D eigenvalue weighted by Gasteiger charge is -2.05. The first-order valence-corrected chi connectivity index (χ1v) is 17.5. The Morgan fingerprint density at radius 3 is 0.872 bits per heavy atom. The van der Waals surface area contributed by atoms with E-state index >= 15 is 0 Å². The minimum Gasteiger partial charge on any atom is -0.466 e. The van der Waals surface area contributed by atoms with Crippen LogP contribution in [-0.4, -0.2) is 26.3 Å². The quantitative estimate of drug-likeness (QED) is 0.0487. The maximum absolute atomic E-state index is 9.84. The Bertz CT molecular complexity index is 419. The van der Waals surface area contributed by atoms with Crippen molar-refractivity contribution in [1.82, 2.24) is 0 Å². The highest BCUT2D eigenvalue weighted by Crippen LogP contribution is 2.14. The summed E-state index contributed by atoms with van der Waals surface area (Å²) in [7, 11) is 1.31. The molecule has 0 spiro atoms. The van der Waals surface area contributed by atoms with Gasteiger partial charge in [-0.15, -0.1) is 0 Å². The van der Waals surface area contributed by atoms with Crippen LogP contribution in [0.2, 0.25) is 0 Å². The van der Waals surface area contributed by atoms with Gasteiger partial charge in [0.1, 0.15) is 0 Å². The second-order valence-electron chi connectivity index (χ2n) is 11.5. The van der Waals surface area contributed by atoms with E-state index in [4.69, 9.17) is 4.74 Å². The zero-order valence-corrected chi connectivity index (χ0v) is 27.2. The van der Waals surface area contributed by atoms with Crippen molar-refractivity contribution >= 4 is 5.97 Å². The average Bonchev–Trinajstić information content (AvgIpc) is 2.96. The third kappa shape index (κ3) is 41.8. The summed E-state index contributed by atoms with van der Waals surface area (Å²) in [5, 5.41) is 0. The maximum Gasteiger partial charge on any atom is 0.329 e. The standard InChI is InChI=1S/C32H66O.C4H6O2/c1-3-5-7-9-11-13-15-17-19-21-23-25-27-29-31-33-32-30-28-26-24-22-20-18-16-14-12-10-8-6-4-2;1-3-4(5)6-2/h3-32H2,1-2H3;3H,1H2,2H3. The van der Waals surface area contributed by atoms with Gasteiger partial charge in [-0.1, -0.05) is 187 Å². The van der Waals surface area contributed by atoms with E-state index in [0.29, 0.717) is 0 Å². The minimum absolute atomic E-state index is 0.394. The molecule has 234 valence electrons. The van der Waals surface area contributed by atoms with Gasteiger partial charge in [-0.2, -0.15) is 0 Å². The molecule has 0 N–H and O–H groups in total. The first-order chi connectivity index (χ1) is 19.2. The van der Waals surface area contributed by atoms with Crippen molar-refractivity contribution in [3.8, 4) is 0 Å². The molecule has 0 heterocycles. The lowest BCUT2D eigenvalue weighted by atomic mass is 10.0. The highest BCUT2D eigenvalue weighted by Gasteiger charge is 1.96. The second-order valence-corrected chi connectivity index (χ2v) is 11.5. The lowest BCUT2D eigenvalue weighted by Crippen LogP contribution is -1.97. The minimum atomic E-state index is -0.394. The van der Waals surface area contributed by atoms with Gasteiger partial charge in [0.25, 0.3) is 0 Å². The van der Waals surface area contributed by atoms with Gasteiger partial charge in [0.15, 0.2) is 0 Å². The summed E-state index contributed by atoms with van der Waals surface area (Å²) in [6.07, 6.45) is 41.2. The fourth-order valence-electron chi connectivity index (χ4n) is 4.98. The van der Waals surface area contributed by atoms with Gasteiger partial charge in [0, 0.05) is 19.3 Å². The van der Waals surface area contributed by atoms with Crippen LogP contribution in [-0.2, 0) is 14.3 Å². The van der Waals surface area contributed by atoms with Crippen molar-refractivity contribution in [2.45, 2.75) is 194 Å². The summed E-state index contributed by atoms with van der Waals surface area (Å²) in [5.41, 5.74) is 0. The van der Waals surface area contributed by atoms with Crippen LogP contribution in [0.5, 0.6) is 0 Å². The Balaban J connectivity index is 0. The van der Waals surface area contributed by atoms with Crippen molar-refractivity contribution < 1.29 is 14.3 Å². The third-order valence-electron chi connectivity index (χ3n) is 7.65. The Kier molecular flexibility index (Phi) is 40.6. The van der Waals surface area contributed by atoms with Crippen LogP contribution in [0, 0.1) is 0 Å². The molecular formula is C36H72O3. The molecule has 0 aliphatic carbocycles. The molecule has 0 aromatic carbocycles. The molecule has 3 nitrogen and oxygen atoms in total. The number of esters is 1. The van der Waals surface area contributed by atoms with Crippen LogP contribution >= 0.6 is 0 Å². The van der Waals surface area contributed by atoms with E-state index in [1.165, 1.54) is 187 Å². The number of unbranched alkanes of at least 4 members (excludes halogenated alkanes) is 26. The van der Waals surface area contributed by atoms with E-state index in [0.717, 1.165) is 19.3 Å². The SMILES string of the molecule is C=CC(=O)OC.CCCCCCCCCCCCCCCCOCCCCCCCCCCCCCCCC. The van der Waals surface area contributed by atoms with Crippen molar-refractivity contribution in [3.05, 3.63) is 12.7 Å². The van der Waals surface area contributed by atoms with Crippen LogP contribution in [0.3, 0.4) is 0 Å². The van der Waals surface area contributed by atoms with Crippen molar-refractivity contribution in [3.63, 3.8) is 0 Å². The Morgan fingerprint density at radius 2 is 0.692 bits per heavy atom. The summed E-state index contributed by atoms with van der Waals surface area (Å²) < 4.78 is 9.99. The number of carbonyl (C=O) groups excluding carboxylic acids is 1. The summed E-state index contributed by atoms with van der Waals surface area (Å²) in [5.74, 6) is -0.394. The summed E-state index contributed by atoms with van der Waals surface area (Å²) in [6.45, 7) is 9.75. The number of carbonyl (C=O) groups is 1. The highest BCUT2D eigenvalue weighted by molar-refractivity contribution is 5.80. The molecule has 0 aromatic heterocycles. The Hall–Kier alpha value is -0.830. The van der Waals surface area contributed by atoms with E-state index in [1.807, 2.05) is 0 Å². The molecule has 0 bridgehead atoms. The van der Waals surface area contributed by atoms with Gasteiger partial charge in [0.05, 0.1) is 7.11 Å². The summed E-state index contributed by atoms with van der Waals surface area (Å²) in [6, 6.07) is 0. The van der Waals surface area contributed by atoms with Gasteiger partial charge in [-0.05, 0) is 12.8 Å². The summed E-state index contributed by atoms with van der Waals surface area (Å²) >= 11 is 0. The Labute approximate surface area is 246 Å². The van der Waals surface area contributed by atoms with E-state index in [-0.39, 0.29) is 0 Å². The monoisotopic (exact) mass is 553 g/mol. The molecule has 0 aliphatic rings. The number of hydrogen-bond acceptors (Lipinski definition) is 3. The fraction of sp³-hybridized carbons (Fsp3) is 0.917. The molecule has 0 rings (SSSR count). The normalized spacial score (nSPS) is 10.7. The maximum atomic E-state index is 9.84. The highest BCUT2D eigenvalue weighted by atomic mass is 16.5. The zero-order valence-electron chi connectivity index (χ0n) is 27.2. The predicted molar refractivity (Wildman–Crippen MR) is 174 cm³/mol. The number of methoxy groups -OCH3 is 1. The van der Waals surface area contributed by atoms with Crippen LogP contribution in [0.15, 0.2) is 12.7 Å². The van der Waals surface area contributed by atoms with Crippen LogP contribution in [0.1, 0.15) is 194 Å². The van der Waals surface area contributed by atoms with Crippen LogP contribution in [0.25, 0.3) is 0 Å². The predicted octanol–water partition coefficient (Wildman–Crippen LogP) is 12.3. The van der Waals surface area contributed by atoms with Crippen molar-refractivity contribution in [2.24, 2.45) is 0 Å². The molecule has 0 amide bonds. The largest absolute Gasteiger partial charge is 0.466 e. The third-order valence-corrected chi connectivity index (χ3v) is 7.65. The smallest absolute Gasteiger partial charge is 0.329 e. The number of ether oxygens (including phenoxy) is 2. The fourth-order valence-corrected chi connectivity index (χ4v) is 4.98. The molecule has 39 heavy (non-hydrogen) atoms.